The van der Waals surface area contributed by atoms with Crippen LogP contribution in [0.15, 0.2) is 53.5 Å². The molecule has 0 fully saturated rings. The van der Waals surface area contributed by atoms with Crippen molar-refractivity contribution < 1.29 is 5.11 Å². The highest BCUT2D eigenvalue weighted by Gasteiger charge is 2.19. The zero-order chi connectivity index (χ0) is 12.5. The second-order valence-electron chi connectivity index (χ2n) is 3.63. The van der Waals surface area contributed by atoms with Crippen molar-refractivity contribution in [1.29, 1.82) is 0 Å². The van der Waals surface area contributed by atoms with Crippen LogP contribution in [-0.2, 0) is 4.63 Å². The van der Waals surface area contributed by atoms with Gasteiger partial charge in [0.2, 0.25) is 0 Å². The highest BCUT2D eigenvalue weighted by atomic mass is 79.9. The Morgan fingerprint density at radius 2 is 1.82 bits per heavy atom. The number of halogens is 1. The summed E-state index contributed by atoms with van der Waals surface area (Å²) in [6.07, 6.45) is 1.51. The summed E-state index contributed by atoms with van der Waals surface area (Å²) in [5, 5.41) is 9.63. The predicted octanol–water partition coefficient (Wildman–Crippen LogP) is 1.29. The normalized spacial score (nSPS) is 14.3. The van der Waals surface area contributed by atoms with Gasteiger partial charge < -0.3 is 5.11 Å². The van der Waals surface area contributed by atoms with Crippen molar-refractivity contribution in [3.05, 3.63) is 64.6 Å². The van der Waals surface area contributed by atoms with Crippen molar-refractivity contribution in [2.45, 2.75) is 4.63 Å². The average Bonchev–Trinajstić information content (AvgIpc) is 2.29. The number of hydrogen-bond donors (Lipinski definition) is 2. The monoisotopic (exact) mass is 294 g/mol. The summed E-state index contributed by atoms with van der Waals surface area (Å²) in [5.74, 6) is 0. The fraction of sp³-hybridized carbons (Fsp3) is 0.0833. The Kier molecular flexibility index (Phi) is 3.15. The topological polar surface area (TPSA) is 68.2 Å². The number of benzene rings is 1. The van der Waals surface area contributed by atoms with E-state index in [0.29, 0.717) is 5.56 Å². The van der Waals surface area contributed by atoms with Gasteiger partial charge in [-0.05, 0) is 34.1 Å². The summed E-state index contributed by atoms with van der Waals surface area (Å²) in [4.78, 5) is 11.7. The van der Waals surface area contributed by atoms with Crippen molar-refractivity contribution in [1.82, 2.24) is 4.57 Å². The van der Waals surface area contributed by atoms with E-state index in [2.05, 4.69) is 15.9 Å². The molecule has 88 valence electrons. The fourth-order valence-corrected chi connectivity index (χ4v) is 1.72. The third-order valence-electron chi connectivity index (χ3n) is 2.35. The maximum Gasteiger partial charge on any atom is 0.255 e. The van der Waals surface area contributed by atoms with E-state index in [0.717, 1.165) is 5.69 Å². The van der Waals surface area contributed by atoms with Crippen molar-refractivity contribution in [3.63, 3.8) is 0 Å². The lowest BCUT2D eigenvalue weighted by Gasteiger charge is -2.16. The highest BCUT2D eigenvalue weighted by Crippen LogP contribution is 2.21. The molecule has 1 aromatic carbocycles. The van der Waals surface area contributed by atoms with Gasteiger partial charge in [-0.15, -0.1) is 0 Å². The molecule has 0 radical (unpaired) electrons. The minimum Gasteiger partial charge on any atom is -0.363 e. The molecule has 1 aromatic heterocycles. The van der Waals surface area contributed by atoms with E-state index in [4.69, 9.17) is 5.73 Å². The van der Waals surface area contributed by atoms with Crippen LogP contribution in [0.4, 0.5) is 0 Å². The SMILES string of the molecule is NC(O)(Br)c1ccc(=O)n(-c2ccccc2)c1. The van der Waals surface area contributed by atoms with Crippen LogP contribution in [0.3, 0.4) is 0 Å². The van der Waals surface area contributed by atoms with Gasteiger partial charge in [0.15, 0.2) is 4.63 Å². The summed E-state index contributed by atoms with van der Waals surface area (Å²) >= 11 is 2.94. The number of nitrogens with zero attached hydrogens (tertiary/aromatic N) is 1. The number of hydrogen-bond acceptors (Lipinski definition) is 3. The first-order valence-electron chi connectivity index (χ1n) is 4.97. The van der Waals surface area contributed by atoms with Gasteiger partial charge in [0.25, 0.3) is 5.56 Å². The van der Waals surface area contributed by atoms with Gasteiger partial charge in [-0.2, -0.15) is 0 Å². The van der Waals surface area contributed by atoms with E-state index in [1.807, 2.05) is 18.2 Å². The molecule has 1 heterocycles. The van der Waals surface area contributed by atoms with Gasteiger partial charge in [0, 0.05) is 23.5 Å². The van der Waals surface area contributed by atoms with E-state index in [1.54, 1.807) is 12.1 Å². The third kappa shape index (κ3) is 2.63. The van der Waals surface area contributed by atoms with E-state index in [1.165, 1.54) is 22.9 Å². The third-order valence-corrected chi connectivity index (χ3v) is 2.81. The molecule has 0 saturated heterocycles. The summed E-state index contributed by atoms with van der Waals surface area (Å²) in [5.41, 5.74) is 6.45. The maximum absolute atomic E-state index is 11.7. The second kappa shape index (κ2) is 4.44. The Hall–Kier alpha value is -1.43. The largest absolute Gasteiger partial charge is 0.363 e. The van der Waals surface area contributed by atoms with E-state index in [9.17, 15) is 9.90 Å². The fourth-order valence-electron chi connectivity index (χ4n) is 1.48. The van der Waals surface area contributed by atoms with Gasteiger partial charge in [-0.3, -0.25) is 15.1 Å². The molecule has 0 amide bonds. The minimum absolute atomic E-state index is 0.184. The first-order chi connectivity index (χ1) is 7.98. The molecule has 0 aliphatic carbocycles. The zero-order valence-corrected chi connectivity index (χ0v) is 10.5. The minimum atomic E-state index is -1.64. The van der Waals surface area contributed by atoms with Crippen LogP contribution in [0.5, 0.6) is 0 Å². The Morgan fingerprint density at radius 3 is 2.41 bits per heavy atom. The van der Waals surface area contributed by atoms with Gasteiger partial charge >= 0.3 is 0 Å². The Balaban J connectivity index is 2.59. The Bertz CT molecular complexity index is 573. The molecular weight excluding hydrogens is 284 g/mol. The molecule has 0 spiro atoms. The van der Waals surface area contributed by atoms with Gasteiger partial charge in [0.1, 0.15) is 0 Å². The lowest BCUT2D eigenvalue weighted by Crippen LogP contribution is -2.30. The van der Waals surface area contributed by atoms with Crippen molar-refractivity contribution in [2.75, 3.05) is 0 Å². The number of nitrogens with two attached hydrogens (primary N) is 1. The van der Waals surface area contributed by atoms with Crippen LogP contribution >= 0.6 is 15.9 Å². The lowest BCUT2D eigenvalue weighted by molar-refractivity contribution is 0.153. The number of rotatable bonds is 2. The van der Waals surface area contributed by atoms with Gasteiger partial charge in [0.05, 0.1) is 0 Å². The molecule has 3 N–H and O–H groups in total. The van der Waals surface area contributed by atoms with Gasteiger partial charge in [-0.25, -0.2) is 0 Å². The number of para-hydroxylation sites is 1. The zero-order valence-electron chi connectivity index (χ0n) is 8.88. The van der Waals surface area contributed by atoms with Crippen LogP contribution < -0.4 is 11.3 Å². The van der Waals surface area contributed by atoms with E-state index in [-0.39, 0.29) is 5.56 Å². The summed E-state index contributed by atoms with van der Waals surface area (Å²) in [7, 11) is 0. The Morgan fingerprint density at radius 1 is 1.18 bits per heavy atom. The molecular formula is C12H11BrN2O2. The summed E-state index contributed by atoms with van der Waals surface area (Å²) < 4.78 is -0.217. The van der Waals surface area contributed by atoms with Crippen molar-refractivity contribution >= 4 is 15.9 Å². The van der Waals surface area contributed by atoms with Crippen LogP contribution in [0, 0.1) is 0 Å². The first kappa shape index (κ1) is 12.0. The van der Waals surface area contributed by atoms with Crippen LogP contribution in [0.25, 0.3) is 5.69 Å². The molecule has 2 aromatic rings. The predicted molar refractivity (Wildman–Crippen MR) is 69.1 cm³/mol. The summed E-state index contributed by atoms with van der Waals surface area (Å²) in [6.45, 7) is 0. The molecule has 5 heteroatoms. The summed E-state index contributed by atoms with van der Waals surface area (Å²) in [6, 6.07) is 12.0. The van der Waals surface area contributed by atoms with Crippen molar-refractivity contribution in [3.8, 4) is 5.69 Å². The standard InChI is InChI=1S/C12H11BrN2O2/c13-12(14,17)9-6-7-11(16)15(8-9)10-4-2-1-3-5-10/h1-8,17H,14H2. The average molecular weight is 295 g/mol. The highest BCUT2D eigenvalue weighted by molar-refractivity contribution is 9.09. The number of aromatic nitrogens is 1. The number of alkyl halides is 1. The number of pyridine rings is 1. The molecule has 1 unspecified atom stereocenters. The molecule has 2 rings (SSSR count). The smallest absolute Gasteiger partial charge is 0.255 e. The first-order valence-corrected chi connectivity index (χ1v) is 5.76. The van der Waals surface area contributed by atoms with Crippen LogP contribution in [-0.4, -0.2) is 9.67 Å². The Labute approximate surface area is 106 Å². The maximum atomic E-state index is 11.7. The van der Waals surface area contributed by atoms with Crippen LogP contribution in [0.1, 0.15) is 5.56 Å². The molecule has 0 saturated carbocycles. The molecule has 0 aliphatic rings. The molecule has 17 heavy (non-hydrogen) atoms. The second-order valence-corrected chi connectivity index (χ2v) is 4.84. The van der Waals surface area contributed by atoms with Crippen LogP contribution in [0.2, 0.25) is 0 Å². The molecule has 1 atom stereocenters. The molecule has 0 aliphatic heterocycles. The van der Waals surface area contributed by atoms with E-state index >= 15 is 0 Å². The number of aliphatic hydroxyl groups is 1. The van der Waals surface area contributed by atoms with Crippen molar-refractivity contribution in [2.24, 2.45) is 5.73 Å². The molecule has 4 nitrogen and oxygen atoms in total. The lowest BCUT2D eigenvalue weighted by atomic mass is 10.2. The quantitative estimate of drug-likeness (QED) is 0.498. The molecule has 0 bridgehead atoms. The van der Waals surface area contributed by atoms with Gasteiger partial charge in [-0.1, -0.05) is 18.2 Å². The van der Waals surface area contributed by atoms with E-state index < -0.39 is 4.63 Å².